The SMILES string of the molecule is CC(NC1COc2ccccc21)c1ccc(N(C)C)cc1. The van der Waals surface area contributed by atoms with E-state index in [1.807, 2.05) is 12.1 Å². The minimum Gasteiger partial charge on any atom is -0.491 e. The van der Waals surface area contributed by atoms with E-state index in [1.165, 1.54) is 16.8 Å². The minimum atomic E-state index is 0.268. The standard InChI is InChI=1S/C18H22N2O/c1-13(14-8-10-15(11-9-14)20(2)3)19-17-12-21-18-7-5-4-6-16(17)18/h4-11,13,17,19H,12H2,1-3H3. The van der Waals surface area contributed by atoms with E-state index < -0.39 is 0 Å². The lowest BCUT2D eigenvalue weighted by molar-refractivity contribution is 0.301. The summed E-state index contributed by atoms with van der Waals surface area (Å²) in [5.74, 6) is 1.00. The molecule has 110 valence electrons. The highest BCUT2D eigenvalue weighted by molar-refractivity contribution is 5.46. The van der Waals surface area contributed by atoms with Gasteiger partial charge < -0.3 is 15.0 Å². The molecule has 3 nitrogen and oxygen atoms in total. The zero-order valence-electron chi connectivity index (χ0n) is 12.8. The number of hydrogen-bond acceptors (Lipinski definition) is 3. The molecule has 2 unspecified atom stereocenters. The fourth-order valence-electron chi connectivity index (χ4n) is 2.76. The van der Waals surface area contributed by atoms with Crippen molar-refractivity contribution in [2.24, 2.45) is 0 Å². The van der Waals surface area contributed by atoms with Crippen LogP contribution in [0.15, 0.2) is 48.5 Å². The molecule has 0 spiro atoms. The summed E-state index contributed by atoms with van der Waals surface area (Å²) in [5.41, 5.74) is 3.78. The molecule has 21 heavy (non-hydrogen) atoms. The van der Waals surface area contributed by atoms with E-state index in [2.05, 4.69) is 67.6 Å². The smallest absolute Gasteiger partial charge is 0.124 e. The van der Waals surface area contributed by atoms with Gasteiger partial charge in [-0.25, -0.2) is 0 Å². The Morgan fingerprint density at radius 3 is 2.52 bits per heavy atom. The van der Waals surface area contributed by atoms with Crippen LogP contribution in [0.3, 0.4) is 0 Å². The van der Waals surface area contributed by atoms with Crippen LogP contribution in [-0.4, -0.2) is 20.7 Å². The second-order valence-electron chi connectivity index (χ2n) is 5.78. The fraction of sp³-hybridized carbons (Fsp3) is 0.333. The third-order valence-corrected chi connectivity index (χ3v) is 4.06. The van der Waals surface area contributed by atoms with Gasteiger partial charge in [0.1, 0.15) is 12.4 Å². The van der Waals surface area contributed by atoms with Crippen molar-refractivity contribution in [1.29, 1.82) is 0 Å². The summed E-state index contributed by atoms with van der Waals surface area (Å²) in [7, 11) is 4.12. The number of nitrogens with zero attached hydrogens (tertiary/aromatic N) is 1. The van der Waals surface area contributed by atoms with Gasteiger partial charge in [0.2, 0.25) is 0 Å². The largest absolute Gasteiger partial charge is 0.491 e. The maximum atomic E-state index is 5.73. The zero-order chi connectivity index (χ0) is 14.8. The lowest BCUT2D eigenvalue weighted by atomic mass is 10.0. The molecule has 1 aliphatic heterocycles. The third kappa shape index (κ3) is 2.88. The number of fused-ring (bicyclic) bond motifs is 1. The van der Waals surface area contributed by atoms with Crippen molar-refractivity contribution < 1.29 is 4.74 Å². The number of ether oxygens (including phenoxy) is 1. The van der Waals surface area contributed by atoms with Crippen LogP contribution in [-0.2, 0) is 0 Å². The molecule has 0 amide bonds. The van der Waals surface area contributed by atoms with Crippen molar-refractivity contribution in [2.45, 2.75) is 19.0 Å². The molecule has 1 aliphatic rings. The molecule has 0 aromatic heterocycles. The lowest BCUT2D eigenvalue weighted by Gasteiger charge is -2.20. The van der Waals surface area contributed by atoms with Crippen molar-refractivity contribution >= 4 is 5.69 Å². The fourth-order valence-corrected chi connectivity index (χ4v) is 2.76. The molecule has 0 fully saturated rings. The van der Waals surface area contributed by atoms with Crippen LogP contribution in [0.25, 0.3) is 0 Å². The summed E-state index contributed by atoms with van der Waals surface area (Å²) in [6.07, 6.45) is 0. The van der Waals surface area contributed by atoms with Gasteiger partial charge in [-0.3, -0.25) is 0 Å². The Labute approximate surface area is 126 Å². The van der Waals surface area contributed by atoms with Gasteiger partial charge in [0.05, 0.1) is 6.04 Å². The van der Waals surface area contributed by atoms with E-state index in [9.17, 15) is 0 Å². The zero-order valence-corrected chi connectivity index (χ0v) is 12.8. The molecule has 0 aliphatic carbocycles. The maximum absolute atomic E-state index is 5.73. The number of nitrogens with one attached hydrogen (secondary N) is 1. The number of rotatable bonds is 4. The minimum absolute atomic E-state index is 0.268. The topological polar surface area (TPSA) is 24.5 Å². The molecule has 0 radical (unpaired) electrons. The summed E-state index contributed by atoms with van der Waals surface area (Å²) in [4.78, 5) is 2.11. The predicted molar refractivity (Wildman–Crippen MR) is 87.0 cm³/mol. The summed E-state index contributed by atoms with van der Waals surface area (Å²) < 4.78 is 5.73. The molecule has 3 heteroatoms. The normalized spacial score (nSPS) is 18.0. The maximum Gasteiger partial charge on any atom is 0.124 e. The van der Waals surface area contributed by atoms with Crippen molar-refractivity contribution in [3.63, 3.8) is 0 Å². The van der Waals surface area contributed by atoms with Crippen LogP contribution in [0, 0.1) is 0 Å². The first kappa shape index (κ1) is 14.0. The van der Waals surface area contributed by atoms with Gasteiger partial charge in [0.25, 0.3) is 0 Å². The summed E-state index contributed by atoms with van der Waals surface area (Å²) in [6, 6.07) is 17.5. The van der Waals surface area contributed by atoms with E-state index in [0.29, 0.717) is 12.6 Å². The molecule has 2 atom stereocenters. The summed E-state index contributed by atoms with van der Waals surface area (Å²) in [6.45, 7) is 2.91. The molecule has 2 aromatic carbocycles. The molecule has 0 saturated carbocycles. The number of benzene rings is 2. The van der Waals surface area contributed by atoms with Crippen LogP contribution in [0.1, 0.15) is 30.1 Å². The van der Waals surface area contributed by atoms with Crippen molar-refractivity contribution in [2.75, 3.05) is 25.6 Å². The highest BCUT2D eigenvalue weighted by Gasteiger charge is 2.24. The predicted octanol–water partition coefficient (Wildman–Crippen LogP) is 3.54. The quantitative estimate of drug-likeness (QED) is 0.928. The average Bonchev–Trinajstić information content (AvgIpc) is 2.91. The Balaban J connectivity index is 1.71. The highest BCUT2D eigenvalue weighted by atomic mass is 16.5. The molecule has 0 bridgehead atoms. The Bertz CT molecular complexity index is 607. The van der Waals surface area contributed by atoms with Crippen molar-refractivity contribution in [3.05, 3.63) is 59.7 Å². The summed E-state index contributed by atoms with van der Waals surface area (Å²) >= 11 is 0. The monoisotopic (exact) mass is 282 g/mol. The average molecular weight is 282 g/mol. The first-order chi connectivity index (χ1) is 10.1. The van der Waals surface area contributed by atoms with Crippen LogP contribution in [0.2, 0.25) is 0 Å². The number of anilines is 1. The molecular formula is C18H22N2O. The van der Waals surface area contributed by atoms with Crippen LogP contribution in [0.5, 0.6) is 5.75 Å². The van der Waals surface area contributed by atoms with E-state index in [0.717, 1.165) is 5.75 Å². The molecule has 3 rings (SSSR count). The third-order valence-electron chi connectivity index (χ3n) is 4.06. The van der Waals surface area contributed by atoms with Crippen LogP contribution < -0.4 is 15.0 Å². The van der Waals surface area contributed by atoms with Gasteiger partial charge in [-0.15, -0.1) is 0 Å². The Kier molecular flexibility index (Phi) is 3.84. The first-order valence-electron chi connectivity index (χ1n) is 7.40. The van der Waals surface area contributed by atoms with Gasteiger partial charge >= 0.3 is 0 Å². The lowest BCUT2D eigenvalue weighted by Crippen LogP contribution is -2.25. The van der Waals surface area contributed by atoms with Gasteiger partial charge in [-0.1, -0.05) is 30.3 Å². The van der Waals surface area contributed by atoms with Crippen molar-refractivity contribution in [1.82, 2.24) is 5.32 Å². The van der Waals surface area contributed by atoms with Gasteiger partial charge in [-0.2, -0.15) is 0 Å². The molecule has 1 heterocycles. The number of hydrogen-bond donors (Lipinski definition) is 1. The Morgan fingerprint density at radius 2 is 1.81 bits per heavy atom. The van der Waals surface area contributed by atoms with Crippen molar-refractivity contribution in [3.8, 4) is 5.75 Å². The molecule has 1 N–H and O–H groups in total. The highest BCUT2D eigenvalue weighted by Crippen LogP contribution is 2.33. The molecule has 0 saturated heterocycles. The van der Waals surface area contributed by atoms with E-state index in [1.54, 1.807) is 0 Å². The van der Waals surface area contributed by atoms with Crippen LogP contribution in [0.4, 0.5) is 5.69 Å². The summed E-state index contributed by atoms with van der Waals surface area (Å²) in [5, 5.41) is 3.66. The second kappa shape index (κ2) is 5.78. The Hall–Kier alpha value is -2.00. The molecular weight excluding hydrogens is 260 g/mol. The van der Waals surface area contributed by atoms with E-state index >= 15 is 0 Å². The van der Waals surface area contributed by atoms with E-state index in [4.69, 9.17) is 4.74 Å². The molecule has 2 aromatic rings. The number of para-hydroxylation sites is 1. The van der Waals surface area contributed by atoms with E-state index in [-0.39, 0.29) is 6.04 Å². The van der Waals surface area contributed by atoms with Gasteiger partial charge in [0.15, 0.2) is 0 Å². The second-order valence-corrected chi connectivity index (χ2v) is 5.78. The van der Waals surface area contributed by atoms with Crippen LogP contribution >= 0.6 is 0 Å². The first-order valence-corrected chi connectivity index (χ1v) is 7.40. The van der Waals surface area contributed by atoms with Gasteiger partial charge in [0, 0.05) is 31.4 Å². The van der Waals surface area contributed by atoms with Gasteiger partial charge in [-0.05, 0) is 30.7 Å². The Morgan fingerprint density at radius 1 is 1.10 bits per heavy atom.